The van der Waals surface area contributed by atoms with E-state index in [4.69, 9.17) is 9.47 Å². The third-order valence-electron chi connectivity index (χ3n) is 3.83. The van der Waals surface area contributed by atoms with Crippen LogP contribution in [0.2, 0.25) is 0 Å². The summed E-state index contributed by atoms with van der Waals surface area (Å²) >= 11 is 0. The molecule has 2 heterocycles. The van der Waals surface area contributed by atoms with Gasteiger partial charge in [0, 0.05) is 28.6 Å². The number of aliphatic hydroxyl groups excluding tert-OH is 1. The molecular weight excluding hydrogens is 365 g/mol. The predicted molar refractivity (Wildman–Crippen MR) is 93.9 cm³/mol. The fourth-order valence-corrected chi connectivity index (χ4v) is 3.47. The van der Waals surface area contributed by atoms with Crippen LogP contribution in [0.5, 0.6) is 11.5 Å². The molecule has 0 fully saturated rings. The second kappa shape index (κ2) is 8.88. The molecule has 0 aliphatic rings. The van der Waals surface area contributed by atoms with Crippen molar-refractivity contribution < 1.29 is 48.3 Å². The Morgan fingerprint density at radius 1 is 1.31 bits per heavy atom. The summed E-state index contributed by atoms with van der Waals surface area (Å²) in [5.74, 6) is 2.74. The van der Waals surface area contributed by atoms with Crippen molar-refractivity contribution in [1.82, 2.24) is 15.0 Å². The van der Waals surface area contributed by atoms with Crippen molar-refractivity contribution in [2.24, 2.45) is 0 Å². The molecule has 2 aromatic heterocycles. The summed E-state index contributed by atoms with van der Waals surface area (Å²) in [5, 5.41) is 9.66. The van der Waals surface area contributed by atoms with E-state index < -0.39 is 10.8 Å². The average Bonchev–Trinajstić information content (AvgIpc) is 3.06. The number of benzene rings is 1. The number of ether oxygens (including phenoxy) is 2. The third-order valence-corrected chi connectivity index (χ3v) is 4.84. The molecule has 1 unspecified atom stereocenters. The van der Waals surface area contributed by atoms with Crippen LogP contribution < -0.4 is 39.0 Å². The van der Waals surface area contributed by atoms with Crippen LogP contribution in [0, 0.1) is 12.7 Å². The van der Waals surface area contributed by atoms with Crippen molar-refractivity contribution in [1.29, 1.82) is 0 Å². The van der Waals surface area contributed by atoms with E-state index >= 15 is 0 Å². The molecule has 0 aliphatic carbocycles. The van der Waals surface area contributed by atoms with Crippen molar-refractivity contribution >= 4 is 21.8 Å². The Morgan fingerprint density at radius 3 is 2.73 bits per heavy atom. The molecule has 132 valence electrons. The van der Waals surface area contributed by atoms with Gasteiger partial charge < -0.3 is 19.6 Å². The van der Waals surface area contributed by atoms with Gasteiger partial charge in [-0.05, 0) is 12.1 Å². The Balaban J connectivity index is 0.00000243. The Morgan fingerprint density at radius 2 is 2.08 bits per heavy atom. The maximum Gasteiger partial charge on any atom is 1.00 e. The summed E-state index contributed by atoms with van der Waals surface area (Å²) in [5.41, 5.74) is 3.26. The van der Waals surface area contributed by atoms with Gasteiger partial charge in [0.2, 0.25) is 0 Å². The van der Waals surface area contributed by atoms with Crippen molar-refractivity contribution in [3.63, 3.8) is 0 Å². The molecule has 3 rings (SSSR count). The summed E-state index contributed by atoms with van der Waals surface area (Å²) in [6.45, 7) is 1.63. The van der Waals surface area contributed by atoms with E-state index in [0.717, 1.165) is 5.52 Å². The molecule has 0 spiro atoms. The standard InChI is InChI=1S/C17H18N3O4S.Na/c1-10-15(18-7-11(8-21)16(10)24-3)9-25(22)17-19-13-5-4-12(23-2)6-14(13)20-17;/h4-7,9,21H,8H2,1-3H3,(H,19,20);/q-1;+1. The number of aromatic amines is 1. The molecule has 3 aromatic rings. The van der Waals surface area contributed by atoms with E-state index in [1.165, 1.54) is 19.1 Å². The molecule has 9 heteroatoms. The molecular formula is C17H18N3NaO4S. The van der Waals surface area contributed by atoms with Crippen molar-refractivity contribution in [2.45, 2.75) is 18.7 Å². The second-order valence-electron chi connectivity index (χ2n) is 5.33. The van der Waals surface area contributed by atoms with Gasteiger partial charge in [0.25, 0.3) is 0 Å². The normalized spacial score (nSPS) is 11.7. The maximum absolute atomic E-state index is 12.6. The molecule has 2 N–H and O–H groups in total. The summed E-state index contributed by atoms with van der Waals surface area (Å²) in [6.07, 6.45) is 1.51. The minimum absolute atomic E-state index is 0. The van der Waals surface area contributed by atoms with E-state index in [2.05, 4.69) is 15.0 Å². The molecule has 0 amide bonds. The molecule has 0 saturated carbocycles. The van der Waals surface area contributed by atoms with Crippen LogP contribution in [0.1, 0.15) is 16.8 Å². The molecule has 7 nitrogen and oxygen atoms in total. The fourth-order valence-electron chi connectivity index (χ4n) is 2.52. The van der Waals surface area contributed by atoms with Crippen LogP contribution in [-0.4, -0.2) is 38.5 Å². The van der Waals surface area contributed by atoms with Gasteiger partial charge in [-0.2, -0.15) is 0 Å². The number of aromatic nitrogens is 3. The molecule has 1 aromatic carbocycles. The van der Waals surface area contributed by atoms with E-state index in [0.29, 0.717) is 39.0 Å². The monoisotopic (exact) mass is 383 g/mol. The number of nitrogens with one attached hydrogen (secondary N) is 1. The van der Waals surface area contributed by atoms with Gasteiger partial charge in [-0.3, -0.25) is 9.19 Å². The van der Waals surface area contributed by atoms with E-state index in [9.17, 15) is 9.32 Å². The molecule has 0 aliphatic heterocycles. The second-order valence-corrected chi connectivity index (χ2v) is 6.54. The maximum atomic E-state index is 12.6. The number of hydrogen-bond acceptors (Lipinski definition) is 6. The molecule has 0 radical (unpaired) electrons. The van der Waals surface area contributed by atoms with Crippen LogP contribution in [0.25, 0.3) is 11.0 Å². The van der Waals surface area contributed by atoms with E-state index in [-0.39, 0.29) is 36.2 Å². The van der Waals surface area contributed by atoms with Crippen LogP contribution in [0.15, 0.2) is 29.6 Å². The Hall–Kier alpha value is -1.58. The Labute approximate surface area is 175 Å². The first-order chi connectivity index (χ1) is 12.1. The summed E-state index contributed by atoms with van der Waals surface area (Å²) < 4.78 is 23.1. The SMILES string of the molecule is COc1ccc2nc(S(=O)[CH-]c3ncc(CO)c(OC)c3C)[nH]c2c1.[Na+]. The van der Waals surface area contributed by atoms with Gasteiger partial charge in [-0.25, -0.2) is 4.98 Å². The third kappa shape index (κ3) is 4.05. The van der Waals surface area contributed by atoms with Gasteiger partial charge in [-0.1, -0.05) is 5.69 Å². The first-order valence-corrected chi connectivity index (χ1v) is 8.71. The zero-order chi connectivity index (χ0) is 18.0. The number of H-pyrrole nitrogens is 1. The molecule has 0 bridgehead atoms. The van der Waals surface area contributed by atoms with Crippen LogP contribution in [-0.2, 0) is 17.4 Å². The molecule has 26 heavy (non-hydrogen) atoms. The van der Waals surface area contributed by atoms with Gasteiger partial charge in [0.1, 0.15) is 5.75 Å². The summed E-state index contributed by atoms with van der Waals surface area (Å²) in [7, 11) is 1.59. The number of methoxy groups -OCH3 is 2. The Kier molecular flexibility index (Phi) is 7.08. The van der Waals surface area contributed by atoms with Crippen LogP contribution >= 0.6 is 0 Å². The number of imidazole rings is 1. The number of rotatable bonds is 6. The number of pyridine rings is 1. The van der Waals surface area contributed by atoms with E-state index in [1.807, 2.05) is 0 Å². The Bertz CT molecular complexity index is 945. The fraction of sp³-hybridized carbons (Fsp3) is 0.235. The zero-order valence-corrected chi connectivity index (χ0v) is 17.9. The van der Waals surface area contributed by atoms with E-state index in [1.54, 1.807) is 32.2 Å². The average molecular weight is 383 g/mol. The van der Waals surface area contributed by atoms with Crippen LogP contribution in [0.4, 0.5) is 0 Å². The minimum Gasteiger partial charge on any atom is -0.515 e. The van der Waals surface area contributed by atoms with Crippen molar-refractivity contribution in [2.75, 3.05) is 14.2 Å². The van der Waals surface area contributed by atoms with Crippen LogP contribution in [0.3, 0.4) is 0 Å². The largest absolute Gasteiger partial charge is 1.00 e. The summed E-state index contributed by atoms with van der Waals surface area (Å²) in [4.78, 5) is 11.6. The first kappa shape index (κ1) is 20.7. The van der Waals surface area contributed by atoms with Gasteiger partial charge in [0.15, 0.2) is 5.16 Å². The number of aliphatic hydroxyl groups is 1. The quantitative estimate of drug-likeness (QED) is 0.423. The van der Waals surface area contributed by atoms with Gasteiger partial charge >= 0.3 is 29.6 Å². The smallest absolute Gasteiger partial charge is 0.515 e. The van der Waals surface area contributed by atoms with Gasteiger partial charge in [-0.15, -0.1) is 18.2 Å². The molecule has 1 atom stereocenters. The van der Waals surface area contributed by atoms with Crippen molar-refractivity contribution in [3.05, 3.63) is 47.0 Å². The summed E-state index contributed by atoms with van der Waals surface area (Å²) in [6, 6.07) is 5.39. The van der Waals surface area contributed by atoms with Crippen molar-refractivity contribution in [3.8, 4) is 11.5 Å². The predicted octanol–water partition coefficient (Wildman–Crippen LogP) is -0.902. The van der Waals surface area contributed by atoms with Gasteiger partial charge in [0.05, 0.1) is 37.6 Å². The topological polar surface area (TPSA) is 97.3 Å². The first-order valence-electron chi connectivity index (χ1n) is 7.50. The minimum atomic E-state index is -1.52. The number of fused-ring (bicyclic) bond motifs is 1. The molecule has 0 saturated heterocycles. The number of hydrogen-bond donors (Lipinski definition) is 2. The zero-order valence-electron chi connectivity index (χ0n) is 15.1. The number of nitrogens with zero attached hydrogens (tertiary/aromatic N) is 2.